The van der Waals surface area contributed by atoms with Crippen molar-refractivity contribution in [1.82, 2.24) is 10.6 Å². The Kier molecular flexibility index (Phi) is 4.89. The number of carboxylic acids is 1. The van der Waals surface area contributed by atoms with Crippen LogP contribution < -0.4 is 10.6 Å². The van der Waals surface area contributed by atoms with Gasteiger partial charge < -0.3 is 15.7 Å². The second-order valence-corrected chi connectivity index (χ2v) is 6.64. The third kappa shape index (κ3) is 3.64. The molecule has 2 aliphatic carbocycles. The van der Waals surface area contributed by atoms with Gasteiger partial charge in [0.25, 0.3) is 0 Å². The Morgan fingerprint density at radius 1 is 1.20 bits per heavy atom. The normalized spacial score (nSPS) is 28.2. The minimum atomic E-state index is -0.778. The van der Waals surface area contributed by atoms with Gasteiger partial charge in [-0.1, -0.05) is 26.2 Å². The molecule has 0 spiro atoms. The number of aliphatic carboxylic acids is 1. The van der Waals surface area contributed by atoms with Gasteiger partial charge >= 0.3 is 12.0 Å². The minimum Gasteiger partial charge on any atom is -0.481 e. The van der Waals surface area contributed by atoms with Gasteiger partial charge in [0.2, 0.25) is 0 Å². The average Bonchev–Trinajstić information content (AvgIpc) is 3.03. The SMILES string of the molecule is CC1CCC(CNC(=O)NCC2(C(=O)O)CCCC2)C1. The van der Waals surface area contributed by atoms with Crippen LogP contribution in [-0.2, 0) is 4.79 Å². The molecule has 3 N–H and O–H groups in total. The molecule has 2 fully saturated rings. The standard InChI is InChI=1S/C15H26N2O3/c1-11-4-5-12(8-11)9-16-14(20)17-10-15(13(18)19)6-2-3-7-15/h11-12H,2-10H2,1H3,(H,18,19)(H2,16,17,20). The Morgan fingerprint density at radius 2 is 1.90 bits per heavy atom. The molecule has 5 heteroatoms. The van der Waals surface area contributed by atoms with Gasteiger partial charge in [0.05, 0.1) is 5.41 Å². The molecular formula is C15H26N2O3. The molecule has 0 aromatic heterocycles. The number of carboxylic acid groups (broad SMARTS) is 1. The van der Waals surface area contributed by atoms with Crippen LogP contribution in [0.1, 0.15) is 51.9 Å². The minimum absolute atomic E-state index is 0.225. The predicted octanol–water partition coefficient (Wildman–Crippen LogP) is 2.37. The zero-order valence-electron chi connectivity index (χ0n) is 12.3. The summed E-state index contributed by atoms with van der Waals surface area (Å²) < 4.78 is 0. The summed E-state index contributed by atoms with van der Waals surface area (Å²) in [5.74, 6) is 0.564. The smallest absolute Gasteiger partial charge is 0.314 e. The summed E-state index contributed by atoms with van der Waals surface area (Å²) in [6.07, 6.45) is 6.83. The van der Waals surface area contributed by atoms with Crippen molar-refractivity contribution in [1.29, 1.82) is 0 Å². The Labute approximate surface area is 120 Å². The van der Waals surface area contributed by atoms with E-state index in [1.54, 1.807) is 0 Å². The quantitative estimate of drug-likeness (QED) is 0.724. The monoisotopic (exact) mass is 282 g/mol. The van der Waals surface area contributed by atoms with Gasteiger partial charge in [-0.3, -0.25) is 4.79 Å². The molecule has 0 aliphatic heterocycles. The van der Waals surface area contributed by atoms with E-state index in [0.717, 1.165) is 18.8 Å². The number of carbonyl (C=O) groups is 2. The summed E-state index contributed by atoms with van der Waals surface area (Å²) in [7, 11) is 0. The van der Waals surface area contributed by atoms with Crippen molar-refractivity contribution in [2.24, 2.45) is 17.3 Å². The van der Waals surface area contributed by atoms with Crippen LogP contribution >= 0.6 is 0 Å². The highest BCUT2D eigenvalue weighted by atomic mass is 16.4. The molecule has 2 amide bonds. The number of carbonyl (C=O) groups excluding carboxylic acids is 1. The van der Waals surface area contributed by atoms with Gasteiger partial charge in [-0.05, 0) is 37.5 Å². The first-order valence-corrected chi connectivity index (χ1v) is 7.77. The van der Waals surface area contributed by atoms with E-state index < -0.39 is 11.4 Å². The Bertz CT molecular complexity index is 364. The topological polar surface area (TPSA) is 78.4 Å². The zero-order chi connectivity index (χ0) is 14.6. The van der Waals surface area contributed by atoms with Crippen molar-refractivity contribution in [3.63, 3.8) is 0 Å². The lowest BCUT2D eigenvalue weighted by Crippen LogP contribution is -2.45. The maximum Gasteiger partial charge on any atom is 0.314 e. The lowest BCUT2D eigenvalue weighted by atomic mass is 9.86. The number of hydrogen-bond donors (Lipinski definition) is 3. The van der Waals surface area contributed by atoms with E-state index in [0.29, 0.717) is 25.3 Å². The number of nitrogens with one attached hydrogen (secondary N) is 2. The van der Waals surface area contributed by atoms with Crippen molar-refractivity contribution in [3.8, 4) is 0 Å². The predicted molar refractivity (Wildman–Crippen MR) is 76.4 cm³/mol. The van der Waals surface area contributed by atoms with E-state index >= 15 is 0 Å². The van der Waals surface area contributed by atoms with Gasteiger partial charge in [-0.25, -0.2) is 4.79 Å². The molecule has 5 nitrogen and oxygen atoms in total. The number of amides is 2. The number of urea groups is 1. The van der Waals surface area contributed by atoms with Crippen molar-refractivity contribution in [2.75, 3.05) is 13.1 Å². The summed E-state index contributed by atoms with van der Waals surface area (Å²) in [5.41, 5.74) is -0.737. The molecule has 20 heavy (non-hydrogen) atoms. The van der Waals surface area contributed by atoms with Gasteiger partial charge in [-0.15, -0.1) is 0 Å². The first-order chi connectivity index (χ1) is 9.52. The molecule has 0 radical (unpaired) electrons. The van der Waals surface area contributed by atoms with E-state index in [1.165, 1.54) is 19.3 Å². The van der Waals surface area contributed by atoms with E-state index in [1.807, 2.05) is 0 Å². The van der Waals surface area contributed by atoms with Gasteiger partial charge in [-0.2, -0.15) is 0 Å². The molecule has 0 bridgehead atoms. The molecule has 114 valence electrons. The first-order valence-electron chi connectivity index (χ1n) is 7.77. The van der Waals surface area contributed by atoms with Gasteiger partial charge in [0, 0.05) is 13.1 Å². The van der Waals surface area contributed by atoms with Crippen LogP contribution in [0.3, 0.4) is 0 Å². The number of rotatable bonds is 5. The maximum atomic E-state index is 11.8. The maximum absolute atomic E-state index is 11.8. The molecule has 0 heterocycles. The van der Waals surface area contributed by atoms with Crippen LogP contribution in [0, 0.1) is 17.3 Å². The molecular weight excluding hydrogens is 256 g/mol. The third-order valence-corrected chi connectivity index (χ3v) is 4.96. The van der Waals surface area contributed by atoms with Crippen molar-refractivity contribution in [2.45, 2.75) is 51.9 Å². The lowest BCUT2D eigenvalue weighted by molar-refractivity contribution is -0.148. The number of hydrogen-bond acceptors (Lipinski definition) is 2. The lowest BCUT2D eigenvalue weighted by Gasteiger charge is -2.24. The fraction of sp³-hybridized carbons (Fsp3) is 0.867. The summed E-state index contributed by atoms with van der Waals surface area (Å²) in [4.78, 5) is 23.2. The Morgan fingerprint density at radius 3 is 2.45 bits per heavy atom. The third-order valence-electron chi connectivity index (χ3n) is 4.96. The molecule has 0 aromatic carbocycles. The first kappa shape index (κ1) is 15.1. The Balaban J connectivity index is 1.70. The van der Waals surface area contributed by atoms with Crippen molar-refractivity contribution in [3.05, 3.63) is 0 Å². The largest absolute Gasteiger partial charge is 0.481 e. The van der Waals surface area contributed by atoms with E-state index in [-0.39, 0.29) is 12.6 Å². The van der Waals surface area contributed by atoms with Crippen molar-refractivity contribution < 1.29 is 14.7 Å². The van der Waals surface area contributed by atoms with E-state index in [9.17, 15) is 14.7 Å². The van der Waals surface area contributed by atoms with Gasteiger partial charge in [0.1, 0.15) is 0 Å². The van der Waals surface area contributed by atoms with Crippen LogP contribution in [0.2, 0.25) is 0 Å². The van der Waals surface area contributed by atoms with Crippen molar-refractivity contribution >= 4 is 12.0 Å². The second-order valence-electron chi connectivity index (χ2n) is 6.64. The zero-order valence-corrected chi connectivity index (χ0v) is 12.3. The molecule has 2 saturated carbocycles. The van der Waals surface area contributed by atoms with Gasteiger partial charge in [0.15, 0.2) is 0 Å². The van der Waals surface area contributed by atoms with Crippen LogP contribution in [-0.4, -0.2) is 30.2 Å². The molecule has 2 aliphatic rings. The molecule has 2 atom stereocenters. The van der Waals surface area contributed by atoms with Crippen LogP contribution in [0.15, 0.2) is 0 Å². The highest BCUT2D eigenvalue weighted by Crippen LogP contribution is 2.37. The van der Waals surface area contributed by atoms with Crippen LogP contribution in [0.5, 0.6) is 0 Å². The summed E-state index contributed by atoms with van der Waals surface area (Å²) in [6, 6.07) is -0.225. The molecule has 0 aromatic rings. The fourth-order valence-corrected chi connectivity index (χ4v) is 3.58. The van der Waals surface area contributed by atoms with E-state index in [4.69, 9.17) is 0 Å². The van der Waals surface area contributed by atoms with E-state index in [2.05, 4.69) is 17.6 Å². The molecule has 2 unspecified atom stereocenters. The summed E-state index contributed by atoms with van der Waals surface area (Å²) in [5, 5.41) is 15.0. The Hall–Kier alpha value is -1.26. The van der Waals surface area contributed by atoms with Crippen LogP contribution in [0.25, 0.3) is 0 Å². The summed E-state index contributed by atoms with van der Waals surface area (Å²) >= 11 is 0. The molecule has 0 saturated heterocycles. The van der Waals surface area contributed by atoms with Crippen LogP contribution in [0.4, 0.5) is 4.79 Å². The fourth-order valence-electron chi connectivity index (χ4n) is 3.58. The summed E-state index contributed by atoms with van der Waals surface area (Å²) in [6.45, 7) is 3.20. The highest BCUT2D eigenvalue weighted by molar-refractivity contribution is 5.78. The molecule has 2 rings (SSSR count). The average molecular weight is 282 g/mol. The highest BCUT2D eigenvalue weighted by Gasteiger charge is 2.41. The second kappa shape index (κ2) is 6.46.